The van der Waals surface area contributed by atoms with E-state index in [4.69, 9.17) is 9.47 Å². The fraction of sp³-hybridized carbons (Fsp3) is 0.826. The highest BCUT2D eigenvalue weighted by molar-refractivity contribution is 5.82. The van der Waals surface area contributed by atoms with Crippen LogP contribution in [0.5, 0.6) is 0 Å². The summed E-state index contributed by atoms with van der Waals surface area (Å²) in [6.45, 7) is 8.09. The standard InChI is InChI=1S/C23H34O6/c1-14(26)29-19-11-18-21(2,3)9-6-10-22(18,4)17-8-7-15(20(27)28-5)16(12-24)23(17,19)13-25/h12-13,15-19H,6-11H2,1-5H3. The third kappa shape index (κ3) is 3.14. The normalized spacial score (nSPS) is 43.3. The molecular weight excluding hydrogens is 372 g/mol. The Kier molecular flexibility index (Phi) is 5.69. The van der Waals surface area contributed by atoms with Gasteiger partial charge in [0, 0.05) is 12.8 Å². The molecule has 0 N–H and O–H groups in total. The highest BCUT2D eigenvalue weighted by Crippen LogP contribution is 2.69. The highest BCUT2D eigenvalue weighted by Gasteiger charge is 2.69. The van der Waals surface area contributed by atoms with E-state index in [0.29, 0.717) is 19.3 Å². The van der Waals surface area contributed by atoms with Crippen molar-refractivity contribution in [1.82, 2.24) is 0 Å². The molecule has 3 aliphatic carbocycles. The van der Waals surface area contributed by atoms with Crippen LogP contribution >= 0.6 is 0 Å². The number of methoxy groups -OCH3 is 1. The number of carbonyl (C=O) groups excluding carboxylic acids is 4. The predicted molar refractivity (Wildman–Crippen MR) is 106 cm³/mol. The number of aldehydes is 2. The molecule has 0 saturated heterocycles. The van der Waals surface area contributed by atoms with Crippen molar-refractivity contribution >= 4 is 24.5 Å². The molecule has 0 spiro atoms. The molecule has 29 heavy (non-hydrogen) atoms. The molecule has 0 aromatic rings. The summed E-state index contributed by atoms with van der Waals surface area (Å²) >= 11 is 0. The van der Waals surface area contributed by atoms with Crippen LogP contribution in [0.2, 0.25) is 0 Å². The van der Waals surface area contributed by atoms with Crippen molar-refractivity contribution in [2.75, 3.05) is 7.11 Å². The number of fused-ring (bicyclic) bond motifs is 3. The van der Waals surface area contributed by atoms with Gasteiger partial charge in [0.2, 0.25) is 0 Å². The lowest BCUT2D eigenvalue weighted by Crippen LogP contribution is -2.67. The van der Waals surface area contributed by atoms with E-state index < -0.39 is 35.3 Å². The lowest BCUT2D eigenvalue weighted by atomic mass is 9.38. The molecule has 7 unspecified atom stereocenters. The first kappa shape index (κ1) is 22.0. The van der Waals surface area contributed by atoms with Crippen molar-refractivity contribution in [2.45, 2.75) is 72.3 Å². The number of rotatable bonds is 4. The zero-order valence-corrected chi connectivity index (χ0v) is 18.2. The second-order valence-corrected chi connectivity index (χ2v) is 10.3. The summed E-state index contributed by atoms with van der Waals surface area (Å²) in [5.74, 6) is -2.32. The SMILES string of the molecule is COC(=O)C1CCC2C3(C)CCCC(C)(C)C3CC(OC(C)=O)C2(C=O)C1C=O. The second kappa shape index (κ2) is 7.51. The van der Waals surface area contributed by atoms with Crippen molar-refractivity contribution in [3.8, 4) is 0 Å². The van der Waals surface area contributed by atoms with Crippen molar-refractivity contribution in [1.29, 1.82) is 0 Å². The fourth-order valence-electron chi connectivity index (χ4n) is 7.50. The summed E-state index contributed by atoms with van der Waals surface area (Å²) < 4.78 is 10.7. The minimum atomic E-state index is -1.19. The molecule has 3 fully saturated rings. The molecule has 0 aliphatic heterocycles. The van der Waals surface area contributed by atoms with Gasteiger partial charge in [0.15, 0.2) is 0 Å². The van der Waals surface area contributed by atoms with Crippen LogP contribution in [0.1, 0.15) is 66.2 Å². The number of esters is 2. The van der Waals surface area contributed by atoms with Crippen LogP contribution in [0.15, 0.2) is 0 Å². The minimum Gasteiger partial charge on any atom is -0.469 e. The number of carbonyl (C=O) groups is 4. The number of hydrogen-bond donors (Lipinski definition) is 0. The van der Waals surface area contributed by atoms with Crippen LogP contribution in [0.3, 0.4) is 0 Å². The molecule has 3 saturated carbocycles. The Hall–Kier alpha value is -1.72. The van der Waals surface area contributed by atoms with Gasteiger partial charge in [0.1, 0.15) is 18.7 Å². The van der Waals surface area contributed by atoms with Gasteiger partial charge in [0.05, 0.1) is 18.4 Å². The van der Waals surface area contributed by atoms with Gasteiger partial charge in [-0.15, -0.1) is 0 Å². The maximum absolute atomic E-state index is 12.8. The van der Waals surface area contributed by atoms with E-state index in [1.165, 1.54) is 14.0 Å². The van der Waals surface area contributed by atoms with E-state index in [9.17, 15) is 19.2 Å². The second-order valence-electron chi connectivity index (χ2n) is 10.3. The lowest BCUT2D eigenvalue weighted by Gasteiger charge is -2.66. The molecule has 3 rings (SSSR count). The molecular formula is C23H34O6. The molecule has 6 heteroatoms. The molecule has 0 amide bonds. The summed E-state index contributed by atoms with van der Waals surface area (Å²) in [6.07, 6.45) is 5.67. The molecule has 0 aromatic heterocycles. The maximum atomic E-state index is 12.8. The van der Waals surface area contributed by atoms with E-state index in [-0.39, 0.29) is 22.7 Å². The molecule has 7 atom stereocenters. The van der Waals surface area contributed by atoms with E-state index >= 15 is 0 Å². The van der Waals surface area contributed by atoms with Gasteiger partial charge >= 0.3 is 11.9 Å². The van der Waals surface area contributed by atoms with E-state index in [1.54, 1.807) is 0 Å². The summed E-state index contributed by atoms with van der Waals surface area (Å²) in [6, 6.07) is 0. The quantitative estimate of drug-likeness (QED) is 0.526. The maximum Gasteiger partial charge on any atom is 0.309 e. The van der Waals surface area contributed by atoms with Crippen LogP contribution in [-0.2, 0) is 28.7 Å². The van der Waals surface area contributed by atoms with Gasteiger partial charge in [0.25, 0.3) is 0 Å². The van der Waals surface area contributed by atoms with E-state index in [0.717, 1.165) is 31.8 Å². The van der Waals surface area contributed by atoms with Gasteiger partial charge in [-0.25, -0.2) is 0 Å². The Morgan fingerprint density at radius 3 is 2.28 bits per heavy atom. The smallest absolute Gasteiger partial charge is 0.309 e. The topological polar surface area (TPSA) is 86.7 Å². The Morgan fingerprint density at radius 2 is 1.72 bits per heavy atom. The zero-order chi connectivity index (χ0) is 21.6. The molecule has 0 radical (unpaired) electrons. The van der Waals surface area contributed by atoms with E-state index in [1.807, 2.05) is 0 Å². The molecule has 6 nitrogen and oxygen atoms in total. The van der Waals surface area contributed by atoms with Gasteiger partial charge in [-0.2, -0.15) is 0 Å². The number of hydrogen-bond acceptors (Lipinski definition) is 6. The van der Waals surface area contributed by atoms with Gasteiger partial charge < -0.3 is 19.1 Å². The van der Waals surface area contributed by atoms with Crippen molar-refractivity contribution in [3.63, 3.8) is 0 Å². The van der Waals surface area contributed by atoms with Gasteiger partial charge in [-0.1, -0.05) is 27.2 Å². The number of ether oxygens (including phenoxy) is 2. The summed E-state index contributed by atoms with van der Waals surface area (Å²) in [5.41, 5.74) is -1.29. The molecule has 0 bridgehead atoms. The van der Waals surface area contributed by atoms with Crippen LogP contribution in [0, 0.1) is 39.9 Å². The van der Waals surface area contributed by atoms with Crippen molar-refractivity contribution in [2.24, 2.45) is 39.9 Å². The molecule has 3 aliphatic rings. The Morgan fingerprint density at radius 1 is 1.03 bits per heavy atom. The molecule has 162 valence electrons. The van der Waals surface area contributed by atoms with Gasteiger partial charge in [-0.05, 0) is 54.8 Å². The first-order valence-corrected chi connectivity index (χ1v) is 10.7. The third-order valence-electron chi connectivity index (χ3n) is 8.62. The van der Waals surface area contributed by atoms with Crippen molar-refractivity contribution in [3.05, 3.63) is 0 Å². The Bertz CT molecular complexity index is 699. The zero-order valence-electron chi connectivity index (χ0n) is 18.2. The predicted octanol–water partition coefficient (Wildman–Crippen LogP) is 3.35. The molecule has 0 aromatic carbocycles. The monoisotopic (exact) mass is 406 g/mol. The van der Waals surface area contributed by atoms with Crippen LogP contribution in [0.25, 0.3) is 0 Å². The summed E-state index contributed by atoms with van der Waals surface area (Å²) in [7, 11) is 1.30. The fourth-order valence-corrected chi connectivity index (χ4v) is 7.50. The van der Waals surface area contributed by atoms with Crippen LogP contribution in [-0.4, -0.2) is 37.7 Å². The van der Waals surface area contributed by atoms with Crippen LogP contribution in [0.4, 0.5) is 0 Å². The first-order chi connectivity index (χ1) is 13.6. The Balaban J connectivity index is 2.18. The van der Waals surface area contributed by atoms with Crippen LogP contribution < -0.4 is 0 Å². The first-order valence-electron chi connectivity index (χ1n) is 10.7. The third-order valence-corrected chi connectivity index (χ3v) is 8.62. The summed E-state index contributed by atoms with van der Waals surface area (Å²) in [4.78, 5) is 49.6. The average molecular weight is 407 g/mol. The molecule has 0 heterocycles. The lowest BCUT2D eigenvalue weighted by molar-refractivity contribution is -0.227. The Labute approximate surface area is 173 Å². The highest BCUT2D eigenvalue weighted by atomic mass is 16.5. The largest absolute Gasteiger partial charge is 0.469 e. The minimum absolute atomic E-state index is 0.0519. The summed E-state index contributed by atoms with van der Waals surface area (Å²) in [5, 5.41) is 0. The van der Waals surface area contributed by atoms with E-state index in [2.05, 4.69) is 20.8 Å². The average Bonchev–Trinajstić information content (AvgIpc) is 2.66. The van der Waals surface area contributed by atoms with Crippen molar-refractivity contribution < 1.29 is 28.7 Å². The van der Waals surface area contributed by atoms with Gasteiger partial charge in [-0.3, -0.25) is 9.59 Å².